The van der Waals surface area contributed by atoms with Crippen molar-refractivity contribution >= 4 is 31.9 Å². The maximum atomic E-state index is 12.5. The second-order valence-electron chi connectivity index (χ2n) is 8.52. The molecule has 5 rings (SSSR count). The molecule has 0 aliphatic carbocycles. The van der Waals surface area contributed by atoms with Crippen LogP contribution in [0.25, 0.3) is 44.3 Å². The maximum Gasteiger partial charge on any atom is 0.299 e. The van der Waals surface area contributed by atoms with E-state index in [4.69, 9.17) is 0 Å². The van der Waals surface area contributed by atoms with Crippen LogP contribution < -0.4 is 4.98 Å². The van der Waals surface area contributed by atoms with E-state index in [1.165, 1.54) is 6.26 Å². The van der Waals surface area contributed by atoms with Crippen molar-refractivity contribution in [2.75, 3.05) is 6.26 Å². The summed E-state index contributed by atoms with van der Waals surface area (Å²) >= 11 is 0. The molecule has 0 radical (unpaired) electrons. The van der Waals surface area contributed by atoms with E-state index in [1.54, 1.807) is 26.4 Å². The van der Waals surface area contributed by atoms with Crippen LogP contribution in [0.1, 0.15) is 19.4 Å². The van der Waals surface area contributed by atoms with Gasteiger partial charge in [-0.05, 0) is 60.9 Å². The molecule has 0 atom stereocenters. The van der Waals surface area contributed by atoms with Gasteiger partial charge in [0.05, 0.1) is 10.3 Å². The third kappa shape index (κ3) is 3.35. The summed E-state index contributed by atoms with van der Waals surface area (Å²) in [6.07, 6.45) is 6.63. The molecular formula is C25H23N4O2S+. The molecule has 0 unspecified atom stereocenters. The number of pyridine rings is 2. The molecule has 0 saturated carbocycles. The first kappa shape index (κ1) is 20.3. The van der Waals surface area contributed by atoms with Crippen molar-refractivity contribution in [1.29, 1.82) is 0 Å². The van der Waals surface area contributed by atoms with Gasteiger partial charge in [0.15, 0.2) is 21.7 Å². The second kappa shape index (κ2) is 7.24. The lowest BCUT2D eigenvalue weighted by molar-refractivity contribution is -0.347. The summed E-state index contributed by atoms with van der Waals surface area (Å²) in [4.78, 5) is 15.3. The Kier molecular flexibility index (Phi) is 4.60. The van der Waals surface area contributed by atoms with E-state index < -0.39 is 14.6 Å². The van der Waals surface area contributed by atoms with Gasteiger partial charge in [-0.1, -0.05) is 24.3 Å². The number of hydrogen-bond acceptors (Lipinski definition) is 4. The van der Waals surface area contributed by atoms with Crippen molar-refractivity contribution in [3.63, 3.8) is 0 Å². The number of H-pyrrole nitrogens is 2. The van der Waals surface area contributed by atoms with Crippen molar-refractivity contribution < 1.29 is 13.4 Å². The summed E-state index contributed by atoms with van der Waals surface area (Å²) < 4.78 is 24.0. The average Bonchev–Trinajstić information content (AvgIpc) is 3.25. The molecule has 0 bridgehead atoms. The summed E-state index contributed by atoms with van der Waals surface area (Å²) in [5, 5.41) is 0.909. The lowest BCUT2D eigenvalue weighted by Gasteiger charge is -2.24. The van der Waals surface area contributed by atoms with Crippen LogP contribution in [-0.2, 0) is 14.6 Å². The molecule has 160 valence electrons. The summed E-state index contributed by atoms with van der Waals surface area (Å²) in [7, 11) is -3.32. The lowest BCUT2D eigenvalue weighted by Crippen LogP contribution is -2.28. The van der Waals surface area contributed by atoms with E-state index in [0.29, 0.717) is 0 Å². The summed E-state index contributed by atoms with van der Waals surface area (Å²) in [6.45, 7) is 3.49. The predicted molar refractivity (Wildman–Crippen MR) is 127 cm³/mol. The predicted octanol–water partition coefficient (Wildman–Crippen LogP) is 4.54. The van der Waals surface area contributed by atoms with Crippen LogP contribution in [0.15, 0.2) is 73.3 Å². The number of imidazole rings is 1. The van der Waals surface area contributed by atoms with E-state index in [2.05, 4.69) is 32.1 Å². The first-order valence-corrected chi connectivity index (χ1v) is 12.2. The van der Waals surface area contributed by atoms with Crippen LogP contribution >= 0.6 is 0 Å². The van der Waals surface area contributed by atoms with Crippen molar-refractivity contribution in [2.45, 2.75) is 18.6 Å². The molecule has 6 nitrogen and oxygen atoms in total. The van der Waals surface area contributed by atoms with Crippen LogP contribution in [0.2, 0.25) is 0 Å². The molecule has 3 aromatic heterocycles. The molecular weight excluding hydrogens is 420 g/mol. The molecule has 2 N–H and O–H groups in total. The van der Waals surface area contributed by atoms with Gasteiger partial charge in [-0.3, -0.25) is 9.97 Å². The van der Waals surface area contributed by atoms with Crippen LogP contribution in [0.4, 0.5) is 0 Å². The number of hydrogen-bond donors (Lipinski definition) is 1. The summed E-state index contributed by atoms with van der Waals surface area (Å²) in [6, 6.07) is 17.9. The minimum atomic E-state index is -3.32. The van der Waals surface area contributed by atoms with Crippen molar-refractivity contribution in [2.24, 2.45) is 0 Å². The van der Waals surface area contributed by atoms with E-state index in [9.17, 15) is 8.42 Å². The lowest BCUT2D eigenvalue weighted by atomic mass is 9.92. The van der Waals surface area contributed by atoms with E-state index in [0.717, 1.165) is 49.9 Å². The highest BCUT2D eigenvalue weighted by molar-refractivity contribution is 7.91. The number of fused-ring (bicyclic) bond motifs is 2. The van der Waals surface area contributed by atoms with Crippen LogP contribution in [0, 0.1) is 0 Å². The van der Waals surface area contributed by atoms with E-state index in [-0.39, 0.29) is 0 Å². The molecule has 0 spiro atoms. The van der Waals surface area contributed by atoms with Crippen molar-refractivity contribution in [3.8, 4) is 22.3 Å². The first-order valence-electron chi connectivity index (χ1n) is 10.3. The summed E-state index contributed by atoms with van der Waals surface area (Å²) in [5.74, 6) is 0. The number of nitrogens with one attached hydrogen (secondary N) is 2. The Hall–Kier alpha value is -3.58. The van der Waals surface area contributed by atoms with Crippen LogP contribution in [0.5, 0.6) is 0 Å². The van der Waals surface area contributed by atoms with E-state index in [1.807, 2.05) is 48.7 Å². The minimum absolute atomic E-state index is 0.742. The Bertz CT molecular complexity index is 1590. The standard InChI is InChI=1S/C25H22N4O2S/c1-25(2,32(3,30)31)20-11-18-8-5-9-26-23(18)21(13-20)17-7-4-6-16(10-17)19-12-22-24(27-14-19)29-15-28-22/h4-15H,1-3H3,(H,27,28,29)/p+1. The van der Waals surface area contributed by atoms with E-state index >= 15 is 0 Å². The Labute approximate surface area is 186 Å². The zero-order valence-corrected chi connectivity index (χ0v) is 18.9. The number of sulfone groups is 1. The molecule has 7 heteroatoms. The van der Waals surface area contributed by atoms with Crippen molar-refractivity contribution in [1.82, 2.24) is 15.0 Å². The fourth-order valence-corrected chi connectivity index (χ4v) is 4.42. The van der Waals surface area contributed by atoms with Gasteiger partial charge in [0, 0.05) is 29.0 Å². The molecule has 0 saturated heterocycles. The molecule has 5 aromatic rings. The van der Waals surface area contributed by atoms with Crippen LogP contribution in [0.3, 0.4) is 0 Å². The highest BCUT2D eigenvalue weighted by Crippen LogP contribution is 2.37. The van der Waals surface area contributed by atoms with Gasteiger partial charge < -0.3 is 0 Å². The molecule has 2 aromatic carbocycles. The zero-order valence-electron chi connectivity index (χ0n) is 18.0. The fraction of sp³-hybridized carbons (Fsp3) is 0.160. The van der Waals surface area contributed by atoms with Gasteiger partial charge in [0.1, 0.15) is 6.20 Å². The Morgan fingerprint density at radius 3 is 2.56 bits per heavy atom. The van der Waals surface area contributed by atoms with Gasteiger partial charge in [0.25, 0.3) is 5.65 Å². The monoisotopic (exact) mass is 443 g/mol. The summed E-state index contributed by atoms with van der Waals surface area (Å²) in [5.41, 5.74) is 7.18. The second-order valence-corrected chi connectivity index (χ2v) is 11.1. The largest absolute Gasteiger partial charge is 0.299 e. The topological polar surface area (TPSA) is 89.8 Å². The number of benzene rings is 2. The number of nitrogens with zero attached hydrogens (tertiary/aromatic N) is 2. The van der Waals surface area contributed by atoms with Gasteiger partial charge in [-0.2, -0.15) is 0 Å². The Balaban J connectivity index is 1.72. The molecule has 0 aliphatic rings. The van der Waals surface area contributed by atoms with Gasteiger partial charge in [0.2, 0.25) is 0 Å². The smallest absolute Gasteiger partial charge is 0.274 e. The zero-order chi connectivity index (χ0) is 22.5. The average molecular weight is 444 g/mol. The van der Waals surface area contributed by atoms with Crippen molar-refractivity contribution in [3.05, 3.63) is 78.9 Å². The number of aromatic amines is 2. The molecule has 0 aliphatic heterocycles. The maximum absolute atomic E-state index is 12.5. The molecule has 3 heterocycles. The Morgan fingerprint density at radius 2 is 1.75 bits per heavy atom. The number of rotatable bonds is 4. The third-order valence-corrected chi connectivity index (χ3v) is 8.25. The number of aromatic nitrogens is 4. The Morgan fingerprint density at radius 1 is 0.938 bits per heavy atom. The molecule has 32 heavy (non-hydrogen) atoms. The first-order chi connectivity index (χ1) is 15.2. The molecule has 0 amide bonds. The highest BCUT2D eigenvalue weighted by atomic mass is 32.2. The van der Waals surface area contributed by atoms with Gasteiger partial charge >= 0.3 is 0 Å². The third-order valence-electron chi connectivity index (χ3n) is 6.16. The highest BCUT2D eigenvalue weighted by Gasteiger charge is 2.33. The molecule has 0 fully saturated rings. The quantitative estimate of drug-likeness (QED) is 0.442. The fourth-order valence-electron chi connectivity index (χ4n) is 3.87. The normalized spacial score (nSPS) is 12.5. The SMILES string of the molecule is CC(C)(c1cc(-c2cccc(-c3cnc4[nH+]c[nH]c4c3)c2)c2ncccc2c1)S(C)(=O)=O. The van der Waals surface area contributed by atoms with Gasteiger partial charge in [-0.25, -0.2) is 13.4 Å². The van der Waals surface area contributed by atoms with Crippen LogP contribution in [-0.4, -0.2) is 29.6 Å². The minimum Gasteiger partial charge on any atom is -0.274 e. The van der Waals surface area contributed by atoms with Gasteiger partial charge in [-0.15, -0.1) is 4.98 Å².